The summed E-state index contributed by atoms with van der Waals surface area (Å²) in [6.45, 7) is 0.488. The molecule has 0 aliphatic rings. The number of carbonyl (C=O) groups is 1. The minimum atomic E-state index is -0.208. The monoisotopic (exact) mass is 285 g/mol. The van der Waals surface area contributed by atoms with E-state index >= 15 is 0 Å². The highest BCUT2D eigenvalue weighted by atomic mass is 16.5. The van der Waals surface area contributed by atoms with Gasteiger partial charge < -0.3 is 15.8 Å². The van der Waals surface area contributed by atoms with Crippen LogP contribution in [0.15, 0.2) is 48.5 Å². The van der Waals surface area contributed by atoms with Crippen molar-refractivity contribution in [3.05, 3.63) is 54.1 Å². The Labute approximate surface area is 124 Å². The second-order valence-corrected chi connectivity index (χ2v) is 4.59. The van der Waals surface area contributed by atoms with Crippen molar-refractivity contribution in [2.45, 2.75) is 6.54 Å². The first kappa shape index (κ1) is 14.9. The quantitative estimate of drug-likeness (QED) is 0.907. The van der Waals surface area contributed by atoms with Crippen LogP contribution in [0.3, 0.4) is 0 Å². The van der Waals surface area contributed by atoms with Crippen molar-refractivity contribution in [2.24, 2.45) is 5.73 Å². The molecular formula is C16H19N3O2. The zero-order chi connectivity index (χ0) is 15.2. The largest absolute Gasteiger partial charge is 0.497 e. The van der Waals surface area contributed by atoms with Crippen LogP contribution in [0.25, 0.3) is 0 Å². The lowest BCUT2D eigenvalue weighted by Crippen LogP contribution is -2.31. The van der Waals surface area contributed by atoms with Crippen molar-refractivity contribution in [2.75, 3.05) is 24.4 Å². The molecule has 0 aromatic heterocycles. The molecule has 0 aliphatic heterocycles. The Morgan fingerprint density at radius 1 is 1.14 bits per heavy atom. The Bertz CT molecular complexity index is 594. The van der Waals surface area contributed by atoms with Crippen molar-refractivity contribution >= 4 is 17.4 Å². The summed E-state index contributed by atoms with van der Waals surface area (Å²) in [4.78, 5) is 13.7. The van der Waals surface area contributed by atoms with Gasteiger partial charge in [0.05, 0.1) is 7.11 Å². The molecule has 0 atom stereocenters. The van der Waals surface area contributed by atoms with Crippen LogP contribution in [0, 0.1) is 0 Å². The number of nitrogens with two attached hydrogens (primary N) is 1. The fourth-order valence-corrected chi connectivity index (χ4v) is 1.85. The number of nitrogens with zero attached hydrogens (tertiary/aromatic N) is 1. The van der Waals surface area contributed by atoms with E-state index in [1.807, 2.05) is 24.3 Å². The third kappa shape index (κ3) is 3.73. The van der Waals surface area contributed by atoms with E-state index in [0.29, 0.717) is 12.2 Å². The van der Waals surface area contributed by atoms with E-state index in [-0.39, 0.29) is 6.03 Å². The van der Waals surface area contributed by atoms with Crippen molar-refractivity contribution in [1.82, 2.24) is 0 Å². The van der Waals surface area contributed by atoms with Crippen LogP contribution in [0.4, 0.5) is 16.2 Å². The summed E-state index contributed by atoms with van der Waals surface area (Å²) in [5.41, 5.74) is 8.11. The van der Waals surface area contributed by atoms with E-state index < -0.39 is 0 Å². The summed E-state index contributed by atoms with van der Waals surface area (Å²) in [5.74, 6) is 0.749. The third-order valence-electron chi connectivity index (χ3n) is 3.21. The molecule has 0 bridgehead atoms. The molecule has 2 aromatic carbocycles. The van der Waals surface area contributed by atoms with Crippen LogP contribution in [-0.4, -0.2) is 20.2 Å². The summed E-state index contributed by atoms with van der Waals surface area (Å²) in [7, 11) is 3.32. The van der Waals surface area contributed by atoms with Crippen LogP contribution < -0.4 is 20.7 Å². The molecule has 0 fully saturated rings. The van der Waals surface area contributed by atoms with Gasteiger partial charge in [-0.15, -0.1) is 0 Å². The highest BCUT2D eigenvalue weighted by Gasteiger charge is 2.10. The Kier molecular flexibility index (Phi) is 4.79. The van der Waals surface area contributed by atoms with E-state index in [1.54, 1.807) is 43.3 Å². The molecule has 21 heavy (non-hydrogen) atoms. The lowest BCUT2D eigenvalue weighted by Gasteiger charge is -2.18. The van der Waals surface area contributed by atoms with Gasteiger partial charge in [-0.05, 0) is 42.0 Å². The maximum Gasteiger partial charge on any atom is 0.326 e. The zero-order valence-corrected chi connectivity index (χ0v) is 12.2. The summed E-state index contributed by atoms with van der Waals surface area (Å²) in [6, 6.07) is 14.5. The van der Waals surface area contributed by atoms with Gasteiger partial charge in [-0.2, -0.15) is 0 Å². The van der Waals surface area contributed by atoms with E-state index in [1.165, 1.54) is 0 Å². The molecule has 0 heterocycles. The first-order chi connectivity index (χ1) is 10.1. The van der Waals surface area contributed by atoms with Gasteiger partial charge in [-0.1, -0.05) is 12.1 Å². The Morgan fingerprint density at radius 3 is 2.29 bits per heavy atom. The third-order valence-corrected chi connectivity index (χ3v) is 3.21. The molecule has 0 spiro atoms. The Balaban J connectivity index is 2.03. The highest BCUT2D eigenvalue weighted by molar-refractivity contribution is 6.01. The maximum atomic E-state index is 12.2. The second-order valence-electron chi connectivity index (χ2n) is 4.59. The molecule has 2 amide bonds. The van der Waals surface area contributed by atoms with Gasteiger partial charge in [0.1, 0.15) is 5.75 Å². The lowest BCUT2D eigenvalue weighted by molar-refractivity contribution is 0.258. The molecule has 5 nitrogen and oxygen atoms in total. The van der Waals surface area contributed by atoms with E-state index in [0.717, 1.165) is 17.0 Å². The van der Waals surface area contributed by atoms with Gasteiger partial charge in [0.2, 0.25) is 0 Å². The van der Waals surface area contributed by atoms with Gasteiger partial charge >= 0.3 is 6.03 Å². The fraction of sp³-hybridized carbons (Fsp3) is 0.188. The van der Waals surface area contributed by atoms with Gasteiger partial charge in [-0.25, -0.2) is 4.79 Å². The number of urea groups is 1. The number of benzene rings is 2. The molecule has 2 aromatic rings. The number of rotatable bonds is 4. The number of amides is 2. The number of methoxy groups -OCH3 is 1. The average molecular weight is 285 g/mol. The second kappa shape index (κ2) is 6.76. The van der Waals surface area contributed by atoms with E-state index in [4.69, 9.17) is 10.5 Å². The molecule has 5 heteroatoms. The summed E-state index contributed by atoms with van der Waals surface area (Å²) in [6.07, 6.45) is 0. The van der Waals surface area contributed by atoms with Crippen LogP contribution >= 0.6 is 0 Å². The minimum Gasteiger partial charge on any atom is -0.497 e. The highest BCUT2D eigenvalue weighted by Crippen LogP contribution is 2.18. The van der Waals surface area contributed by atoms with Gasteiger partial charge in [-0.3, -0.25) is 4.90 Å². The van der Waals surface area contributed by atoms with Crippen molar-refractivity contribution in [3.8, 4) is 5.75 Å². The molecule has 2 rings (SSSR count). The van der Waals surface area contributed by atoms with Gasteiger partial charge in [0, 0.05) is 25.0 Å². The smallest absolute Gasteiger partial charge is 0.326 e. The molecule has 0 unspecified atom stereocenters. The molecule has 0 aliphatic carbocycles. The van der Waals surface area contributed by atoms with Crippen molar-refractivity contribution in [3.63, 3.8) is 0 Å². The van der Waals surface area contributed by atoms with Crippen LogP contribution in [-0.2, 0) is 6.54 Å². The van der Waals surface area contributed by atoms with E-state index in [9.17, 15) is 4.79 Å². The average Bonchev–Trinajstić information content (AvgIpc) is 2.55. The number of ether oxygens (including phenoxy) is 1. The van der Waals surface area contributed by atoms with Crippen molar-refractivity contribution < 1.29 is 9.53 Å². The minimum absolute atomic E-state index is 0.208. The number of anilines is 2. The summed E-state index contributed by atoms with van der Waals surface area (Å²) < 4.78 is 5.08. The summed E-state index contributed by atoms with van der Waals surface area (Å²) in [5, 5.41) is 2.83. The van der Waals surface area contributed by atoms with Crippen LogP contribution in [0.2, 0.25) is 0 Å². The van der Waals surface area contributed by atoms with Crippen LogP contribution in [0.1, 0.15) is 5.56 Å². The first-order valence-electron chi connectivity index (χ1n) is 6.62. The van der Waals surface area contributed by atoms with Crippen LogP contribution in [0.5, 0.6) is 5.75 Å². The van der Waals surface area contributed by atoms with Crippen molar-refractivity contribution in [1.29, 1.82) is 0 Å². The SMILES string of the molecule is COc1ccc(NC(=O)N(C)c2ccc(CN)cc2)cc1. The molecule has 3 N–H and O–H groups in total. The predicted molar refractivity (Wildman–Crippen MR) is 84.7 cm³/mol. The van der Waals surface area contributed by atoms with Gasteiger partial charge in [0.25, 0.3) is 0 Å². The molecule has 110 valence electrons. The fourth-order valence-electron chi connectivity index (χ4n) is 1.85. The predicted octanol–water partition coefficient (Wildman–Crippen LogP) is 2.82. The van der Waals surface area contributed by atoms with Gasteiger partial charge in [0.15, 0.2) is 0 Å². The molecular weight excluding hydrogens is 266 g/mol. The maximum absolute atomic E-state index is 12.2. The first-order valence-corrected chi connectivity index (χ1v) is 6.62. The number of hydrogen-bond donors (Lipinski definition) is 2. The lowest BCUT2D eigenvalue weighted by atomic mass is 10.2. The Morgan fingerprint density at radius 2 is 1.76 bits per heavy atom. The number of carbonyl (C=O) groups excluding carboxylic acids is 1. The number of nitrogens with one attached hydrogen (secondary N) is 1. The van der Waals surface area contributed by atoms with E-state index in [2.05, 4.69) is 5.32 Å². The molecule has 0 radical (unpaired) electrons. The topological polar surface area (TPSA) is 67.6 Å². The normalized spacial score (nSPS) is 10.0. The number of hydrogen-bond acceptors (Lipinski definition) is 3. The molecule has 0 saturated carbocycles. The summed E-state index contributed by atoms with van der Waals surface area (Å²) >= 11 is 0. The Hall–Kier alpha value is -2.53. The zero-order valence-electron chi connectivity index (χ0n) is 12.2. The molecule has 0 saturated heterocycles. The standard InChI is InChI=1S/C16H19N3O2/c1-19(14-7-3-12(11-17)4-8-14)16(20)18-13-5-9-15(21-2)10-6-13/h3-10H,11,17H2,1-2H3,(H,18,20).